The molecule has 2 aromatic carbocycles. The summed E-state index contributed by atoms with van der Waals surface area (Å²) in [6.07, 6.45) is 0. The minimum atomic E-state index is 0.351. The zero-order valence-electron chi connectivity index (χ0n) is 12.2. The lowest BCUT2D eigenvalue weighted by Gasteiger charge is -2.37. The smallest absolute Gasteiger partial charge is 0.0366 e. The van der Waals surface area contributed by atoms with Gasteiger partial charge in [-0.15, -0.1) is 0 Å². The molecule has 3 rings (SSSR count). The molecular weight excluding hydrogens is 264 g/mol. The van der Waals surface area contributed by atoms with Gasteiger partial charge < -0.3 is 5.73 Å². The van der Waals surface area contributed by atoms with Gasteiger partial charge in [0, 0.05) is 35.8 Å². The fourth-order valence-electron chi connectivity index (χ4n) is 2.93. The number of nitrogens with two attached hydrogens (primary N) is 1. The molecule has 20 heavy (non-hydrogen) atoms. The van der Waals surface area contributed by atoms with Crippen LogP contribution in [-0.2, 0) is 6.54 Å². The number of hydrogen-bond donors (Lipinski definition) is 1. The molecule has 1 aliphatic heterocycles. The topological polar surface area (TPSA) is 29.3 Å². The third kappa shape index (κ3) is 2.94. The Balaban J connectivity index is 1.85. The Morgan fingerprint density at radius 2 is 1.90 bits per heavy atom. The molecule has 0 spiro atoms. The van der Waals surface area contributed by atoms with Crippen molar-refractivity contribution in [2.75, 3.05) is 24.6 Å². The first-order valence-electron chi connectivity index (χ1n) is 7.17. The molecule has 1 aliphatic rings. The maximum absolute atomic E-state index is 6.24. The van der Waals surface area contributed by atoms with Gasteiger partial charge >= 0.3 is 0 Å². The molecule has 2 N–H and O–H groups in total. The van der Waals surface area contributed by atoms with E-state index in [0.717, 1.165) is 25.3 Å². The molecule has 0 saturated carbocycles. The van der Waals surface area contributed by atoms with Gasteiger partial charge in [-0.25, -0.2) is 0 Å². The molecule has 2 aromatic rings. The van der Waals surface area contributed by atoms with Crippen molar-refractivity contribution in [3.63, 3.8) is 0 Å². The van der Waals surface area contributed by atoms with Crippen LogP contribution in [0.2, 0.25) is 0 Å². The third-order valence-corrected chi connectivity index (χ3v) is 5.20. The first kappa shape index (κ1) is 13.8. The molecule has 1 fully saturated rings. The number of nitrogen functional groups attached to an aromatic ring is 1. The Morgan fingerprint density at radius 1 is 1.20 bits per heavy atom. The van der Waals surface area contributed by atoms with Crippen LogP contribution in [0.25, 0.3) is 10.8 Å². The summed E-state index contributed by atoms with van der Waals surface area (Å²) in [6.45, 7) is 7.89. The highest BCUT2D eigenvalue weighted by Crippen LogP contribution is 2.31. The summed E-state index contributed by atoms with van der Waals surface area (Å²) in [7, 11) is 0. The third-order valence-electron chi connectivity index (χ3n) is 3.91. The van der Waals surface area contributed by atoms with Crippen LogP contribution >= 0.6 is 11.8 Å². The van der Waals surface area contributed by atoms with Crippen LogP contribution in [0.5, 0.6) is 0 Å². The average molecular weight is 286 g/mol. The number of rotatable bonds is 2. The molecule has 106 valence electrons. The Bertz CT molecular complexity index is 621. The maximum atomic E-state index is 6.24. The van der Waals surface area contributed by atoms with Crippen LogP contribution in [0.15, 0.2) is 36.4 Å². The van der Waals surface area contributed by atoms with Gasteiger partial charge in [0.2, 0.25) is 0 Å². The van der Waals surface area contributed by atoms with Gasteiger partial charge in [-0.3, -0.25) is 4.90 Å². The molecule has 0 aliphatic carbocycles. The molecular formula is C17H22N2S. The summed E-state index contributed by atoms with van der Waals surface area (Å²) in [4.78, 5) is 2.52. The van der Waals surface area contributed by atoms with Crippen LogP contribution in [-0.4, -0.2) is 28.5 Å². The number of benzene rings is 2. The van der Waals surface area contributed by atoms with Crippen LogP contribution in [0.4, 0.5) is 5.69 Å². The Morgan fingerprint density at radius 3 is 2.60 bits per heavy atom. The highest BCUT2D eigenvalue weighted by atomic mass is 32.2. The van der Waals surface area contributed by atoms with Crippen LogP contribution in [0.1, 0.15) is 19.4 Å². The van der Waals surface area contributed by atoms with Gasteiger partial charge in [0.25, 0.3) is 0 Å². The second-order valence-electron chi connectivity index (χ2n) is 6.22. The van der Waals surface area contributed by atoms with Gasteiger partial charge in [-0.05, 0) is 42.3 Å². The van der Waals surface area contributed by atoms with Crippen LogP contribution in [0.3, 0.4) is 0 Å². The van der Waals surface area contributed by atoms with Crippen molar-refractivity contribution in [2.45, 2.75) is 25.1 Å². The van der Waals surface area contributed by atoms with Crippen molar-refractivity contribution in [2.24, 2.45) is 0 Å². The van der Waals surface area contributed by atoms with Gasteiger partial charge in [0.1, 0.15) is 0 Å². The van der Waals surface area contributed by atoms with Crippen molar-refractivity contribution in [1.29, 1.82) is 0 Å². The average Bonchev–Trinajstić information content (AvgIpc) is 2.38. The first-order valence-corrected chi connectivity index (χ1v) is 8.15. The predicted molar refractivity (Wildman–Crippen MR) is 90.2 cm³/mol. The van der Waals surface area contributed by atoms with Crippen LogP contribution < -0.4 is 5.73 Å². The fourth-order valence-corrected chi connectivity index (χ4v) is 4.11. The van der Waals surface area contributed by atoms with E-state index in [1.54, 1.807) is 0 Å². The van der Waals surface area contributed by atoms with Crippen molar-refractivity contribution in [1.82, 2.24) is 4.90 Å². The number of hydrogen-bond acceptors (Lipinski definition) is 3. The zero-order valence-corrected chi connectivity index (χ0v) is 13.0. The minimum absolute atomic E-state index is 0.351. The van der Waals surface area contributed by atoms with E-state index in [0.29, 0.717) is 4.75 Å². The molecule has 0 bridgehead atoms. The van der Waals surface area contributed by atoms with Crippen molar-refractivity contribution >= 4 is 28.2 Å². The molecule has 0 unspecified atom stereocenters. The lowest BCUT2D eigenvalue weighted by atomic mass is 10.0. The normalized spacial score (nSPS) is 19.3. The molecule has 0 aromatic heterocycles. The van der Waals surface area contributed by atoms with E-state index in [4.69, 9.17) is 5.73 Å². The van der Waals surface area contributed by atoms with E-state index in [9.17, 15) is 0 Å². The molecule has 0 atom stereocenters. The quantitative estimate of drug-likeness (QED) is 0.853. The summed E-state index contributed by atoms with van der Waals surface area (Å²) >= 11 is 2.07. The fraction of sp³-hybridized carbons (Fsp3) is 0.412. The Kier molecular flexibility index (Phi) is 3.65. The van der Waals surface area contributed by atoms with E-state index in [-0.39, 0.29) is 0 Å². The summed E-state index contributed by atoms with van der Waals surface area (Å²) in [6, 6.07) is 12.8. The lowest BCUT2D eigenvalue weighted by molar-refractivity contribution is 0.253. The molecule has 1 saturated heterocycles. The number of fused-ring (bicyclic) bond motifs is 1. The SMILES string of the molecule is CC1(C)CN(Cc2cc3ccccc3cc2N)CCS1. The van der Waals surface area contributed by atoms with E-state index >= 15 is 0 Å². The summed E-state index contributed by atoms with van der Waals surface area (Å²) in [5.41, 5.74) is 8.41. The Labute approximate surface area is 125 Å². The first-order chi connectivity index (χ1) is 9.53. The second kappa shape index (κ2) is 5.30. The number of nitrogens with zero attached hydrogens (tertiary/aromatic N) is 1. The monoisotopic (exact) mass is 286 g/mol. The standard InChI is InChI=1S/C17H22N2S/c1-17(2)12-19(7-8-20-17)11-15-9-13-5-3-4-6-14(13)10-16(15)18/h3-6,9-10H,7-8,11-12,18H2,1-2H3. The summed E-state index contributed by atoms with van der Waals surface area (Å²) in [5.74, 6) is 1.21. The van der Waals surface area contributed by atoms with E-state index < -0.39 is 0 Å². The summed E-state index contributed by atoms with van der Waals surface area (Å²) < 4.78 is 0.351. The van der Waals surface area contributed by atoms with Crippen molar-refractivity contribution in [3.05, 3.63) is 42.0 Å². The van der Waals surface area contributed by atoms with E-state index in [2.05, 4.69) is 66.9 Å². The van der Waals surface area contributed by atoms with Crippen LogP contribution in [0, 0.1) is 0 Å². The molecule has 0 radical (unpaired) electrons. The van der Waals surface area contributed by atoms with Gasteiger partial charge in [-0.1, -0.05) is 24.3 Å². The second-order valence-corrected chi connectivity index (χ2v) is 8.02. The van der Waals surface area contributed by atoms with Gasteiger partial charge in [0.05, 0.1) is 0 Å². The number of anilines is 1. The molecule has 3 heteroatoms. The van der Waals surface area contributed by atoms with E-state index in [1.807, 2.05) is 0 Å². The highest BCUT2D eigenvalue weighted by molar-refractivity contribution is 8.00. The predicted octanol–water partition coefficient (Wildman–Crippen LogP) is 3.75. The van der Waals surface area contributed by atoms with Gasteiger partial charge in [0.15, 0.2) is 0 Å². The molecule has 0 amide bonds. The van der Waals surface area contributed by atoms with E-state index in [1.165, 1.54) is 22.1 Å². The highest BCUT2D eigenvalue weighted by Gasteiger charge is 2.27. The number of thioether (sulfide) groups is 1. The van der Waals surface area contributed by atoms with Gasteiger partial charge in [-0.2, -0.15) is 11.8 Å². The van der Waals surface area contributed by atoms with Crippen molar-refractivity contribution in [3.8, 4) is 0 Å². The minimum Gasteiger partial charge on any atom is -0.398 e. The maximum Gasteiger partial charge on any atom is 0.0366 e. The molecule has 2 nitrogen and oxygen atoms in total. The zero-order chi connectivity index (χ0) is 14.2. The molecule has 1 heterocycles. The van der Waals surface area contributed by atoms with Crippen molar-refractivity contribution < 1.29 is 0 Å². The Hall–Kier alpha value is -1.19. The largest absolute Gasteiger partial charge is 0.398 e. The summed E-state index contributed by atoms with van der Waals surface area (Å²) in [5, 5.41) is 2.51. The lowest BCUT2D eigenvalue weighted by Crippen LogP contribution is -2.42.